The fraction of sp³-hybridized carbons (Fsp3) is 0.625. The maximum Gasteiger partial charge on any atom is 0.122 e. The Labute approximate surface area is 116 Å². The highest BCUT2D eigenvalue weighted by atomic mass is 16.5. The maximum absolute atomic E-state index is 10.3. The van der Waals surface area contributed by atoms with Gasteiger partial charge in [-0.15, -0.1) is 0 Å². The highest BCUT2D eigenvalue weighted by Gasteiger charge is 2.18. The molecule has 0 bridgehead atoms. The summed E-state index contributed by atoms with van der Waals surface area (Å²) in [6, 6.07) is 4.18. The Kier molecular flexibility index (Phi) is 5.83. The van der Waals surface area contributed by atoms with E-state index in [2.05, 4.69) is 32.9 Å². The zero-order chi connectivity index (χ0) is 14.5. The van der Waals surface area contributed by atoms with E-state index in [9.17, 15) is 5.11 Å². The van der Waals surface area contributed by atoms with Gasteiger partial charge in [0, 0.05) is 14.2 Å². The molecule has 0 fully saturated rings. The van der Waals surface area contributed by atoms with Gasteiger partial charge in [0.2, 0.25) is 0 Å². The van der Waals surface area contributed by atoms with Gasteiger partial charge in [0.15, 0.2) is 0 Å². The van der Waals surface area contributed by atoms with Gasteiger partial charge in [0.1, 0.15) is 5.75 Å². The van der Waals surface area contributed by atoms with E-state index in [1.807, 2.05) is 0 Å². The number of methoxy groups -OCH3 is 2. The number of aromatic hydroxyl groups is 1. The normalized spacial score (nSPS) is 11.8. The highest BCUT2D eigenvalue weighted by Crippen LogP contribution is 2.31. The van der Waals surface area contributed by atoms with Crippen LogP contribution in [0.25, 0.3) is 0 Å². The zero-order valence-electron chi connectivity index (χ0n) is 12.7. The molecule has 0 spiro atoms. The van der Waals surface area contributed by atoms with Crippen molar-refractivity contribution in [2.45, 2.75) is 39.0 Å². The summed E-state index contributed by atoms with van der Waals surface area (Å²) in [5.74, 6) is 0.391. The van der Waals surface area contributed by atoms with E-state index in [-0.39, 0.29) is 5.41 Å². The van der Waals surface area contributed by atoms with Crippen LogP contribution in [-0.2, 0) is 27.7 Å². The lowest BCUT2D eigenvalue weighted by molar-refractivity contribution is 0.199. The van der Waals surface area contributed by atoms with Crippen molar-refractivity contribution in [2.24, 2.45) is 0 Å². The van der Waals surface area contributed by atoms with Gasteiger partial charge in [0.05, 0.1) is 13.2 Å². The molecule has 0 aliphatic heterocycles. The van der Waals surface area contributed by atoms with Gasteiger partial charge in [-0.2, -0.15) is 0 Å². The Balaban J connectivity index is 3.14. The summed E-state index contributed by atoms with van der Waals surface area (Å²) in [5, 5.41) is 10.3. The van der Waals surface area contributed by atoms with Gasteiger partial charge in [-0.3, -0.25) is 0 Å². The smallest absolute Gasteiger partial charge is 0.122 e. The van der Waals surface area contributed by atoms with Crippen LogP contribution in [0.1, 0.15) is 37.5 Å². The van der Waals surface area contributed by atoms with Gasteiger partial charge in [-0.25, -0.2) is 0 Å². The summed E-state index contributed by atoms with van der Waals surface area (Å²) in [6.07, 6.45) is 1.46. The molecule has 0 saturated heterocycles. The number of hydrogen-bond acceptors (Lipinski definition) is 3. The third-order valence-corrected chi connectivity index (χ3v) is 3.28. The standard InChI is InChI=1S/C16H26O3/c1-16(2,3)14-10-12(6-8-18-4)15(17)13(11-14)7-9-19-5/h10-11,17H,6-9H2,1-5H3. The molecule has 0 saturated carbocycles. The summed E-state index contributed by atoms with van der Waals surface area (Å²) in [4.78, 5) is 0. The summed E-state index contributed by atoms with van der Waals surface area (Å²) in [6.45, 7) is 7.77. The van der Waals surface area contributed by atoms with Gasteiger partial charge < -0.3 is 14.6 Å². The molecule has 108 valence electrons. The van der Waals surface area contributed by atoms with E-state index in [0.717, 1.165) is 24.0 Å². The molecule has 0 amide bonds. The van der Waals surface area contributed by atoms with Crippen LogP contribution < -0.4 is 0 Å². The molecule has 1 aromatic rings. The molecule has 0 unspecified atom stereocenters. The number of phenolic OH excluding ortho intramolecular Hbond substituents is 1. The largest absolute Gasteiger partial charge is 0.507 e. The minimum Gasteiger partial charge on any atom is -0.507 e. The van der Waals surface area contributed by atoms with Crippen molar-refractivity contribution in [1.82, 2.24) is 0 Å². The SMILES string of the molecule is COCCc1cc(C(C)(C)C)cc(CCOC)c1O. The van der Waals surface area contributed by atoms with Crippen molar-refractivity contribution in [2.75, 3.05) is 27.4 Å². The lowest BCUT2D eigenvalue weighted by Crippen LogP contribution is -2.13. The predicted molar refractivity (Wildman–Crippen MR) is 78.0 cm³/mol. The van der Waals surface area contributed by atoms with Crippen molar-refractivity contribution < 1.29 is 14.6 Å². The van der Waals surface area contributed by atoms with E-state index in [4.69, 9.17) is 9.47 Å². The van der Waals surface area contributed by atoms with Crippen molar-refractivity contribution in [3.63, 3.8) is 0 Å². The minimum atomic E-state index is 0.0668. The molecule has 0 heterocycles. The van der Waals surface area contributed by atoms with Crippen molar-refractivity contribution in [3.05, 3.63) is 28.8 Å². The molecule has 3 heteroatoms. The maximum atomic E-state index is 10.3. The van der Waals surface area contributed by atoms with E-state index in [1.165, 1.54) is 5.56 Å². The van der Waals surface area contributed by atoms with Crippen molar-refractivity contribution in [1.29, 1.82) is 0 Å². The van der Waals surface area contributed by atoms with E-state index in [0.29, 0.717) is 19.0 Å². The Morgan fingerprint density at radius 3 is 1.68 bits per heavy atom. The minimum absolute atomic E-state index is 0.0668. The fourth-order valence-corrected chi connectivity index (χ4v) is 2.00. The molecule has 0 aliphatic rings. The van der Waals surface area contributed by atoms with Crippen LogP contribution >= 0.6 is 0 Å². The average Bonchev–Trinajstić information content (AvgIpc) is 2.34. The Morgan fingerprint density at radius 2 is 1.37 bits per heavy atom. The summed E-state index contributed by atoms with van der Waals surface area (Å²) in [5.41, 5.74) is 3.22. The first kappa shape index (κ1) is 16.0. The van der Waals surface area contributed by atoms with Crippen LogP contribution in [0.3, 0.4) is 0 Å². The second-order valence-electron chi connectivity index (χ2n) is 5.88. The summed E-state index contributed by atoms with van der Waals surface area (Å²) < 4.78 is 10.2. The lowest BCUT2D eigenvalue weighted by Gasteiger charge is -2.22. The van der Waals surface area contributed by atoms with E-state index < -0.39 is 0 Å². The Bertz CT molecular complexity index is 376. The Morgan fingerprint density at radius 1 is 0.947 bits per heavy atom. The molecule has 1 aromatic carbocycles. The molecular weight excluding hydrogens is 240 g/mol. The third kappa shape index (κ3) is 4.51. The van der Waals surface area contributed by atoms with Crippen molar-refractivity contribution in [3.8, 4) is 5.75 Å². The zero-order valence-corrected chi connectivity index (χ0v) is 12.7. The number of ether oxygens (including phenoxy) is 2. The number of benzene rings is 1. The van der Waals surface area contributed by atoms with Crippen LogP contribution in [0.4, 0.5) is 0 Å². The molecule has 0 radical (unpaired) electrons. The van der Waals surface area contributed by atoms with Crippen LogP contribution in [0, 0.1) is 0 Å². The molecule has 3 nitrogen and oxygen atoms in total. The van der Waals surface area contributed by atoms with Crippen LogP contribution in [0.2, 0.25) is 0 Å². The first-order chi connectivity index (χ1) is 8.90. The number of phenols is 1. The molecule has 1 rings (SSSR count). The molecule has 19 heavy (non-hydrogen) atoms. The number of hydrogen-bond donors (Lipinski definition) is 1. The predicted octanol–water partition coefficient (Wildman–Crippen LogP) is 3.07. The first-order valence-corrected chi connectivity index (χ1v) is 6.73. The molecule has 0 aliphatic carbocycles. The van der Waals surface area contributed by atoms with Crippen molar-refractivity contribution >= 4 is 0 Å². The van der Waals surface area contributed by atoms with E-state index in [1.54, 1.807) is 14.2 Å². The highest BCUT2D eigenvalue weighted by molar-refractivity contribution is 5.46. The van der Waals surface area contributed by atoms with Gasteiger partial charge in [0.25, 0.3) is 0 Å². The average molecular weight is 266 g/mol. The second-order valence-corrected chi connectivity index (χ2v) is 5.88. The number of rotatable bonds is 6. The van der Waals surface area contributed by atoms with Gasteiger partial charge >= 0.3 is 0 Å². The molecule has 0 atom stereocenters. The Hall–Kier alpha value is -1.06. The van der Waals surface area contributed by atoms with Gasteiger partial charge in [-0.05, 0) is 34.9 Å². The fourth-order valence-electron chi connectivity index (χ4n) is 2.00. The molecule has 0 aromatic heterocycles. The van der Waals surface area contributed by atoms with E-state index >= 15 is 0 Å². The van der Waals surface area contributed by atoms with Crippen LogP contribution in [0.5, 0.6) is 5.75 Å². The monoisotopic (exact) mass is 266 g/mol. The molecular formula is C16H26O3. The van der Waals surface area contributed by atoms with Crippen LogP contribution in [0.15, 0.2) is 12.1 Å². The lowest BCUT2D eigenvalue weighted by atomic mass is 9.84. The second kappa shape index (κ2) is 6.92. The topological polar surface area (TPSA) is 38.7 Å². The third-order valence-electron chi connectivity index (χ3n) is 3.28. The molecule has 1 N–H and O–H groups in total. The quantitative estimate of drug-likeness (QED) is 0.860. The summed E-state index contributed by atoms with van der Waals surface area (Å²) in [7, 11) is 3.35. The first-order valence-electron chi connectivity index (χ1n) is 6.73. The summed E-state index contributed by atoms with van der Waals surface area (Å²) >= 11 is 0. The van der Waals surface area contributed by atoms with Gasteiger partial charge in [-0.1, -0.05) is 32.9 Å². The van der Waals surface area contributed by atoms with Crippen LogP contribution in [-0.4, -0.2) is 32.5 Å².